The summed E-state index contributed by atoms with van der Waals surface area (Å²) in [7, 11) is 1.64. The molecule has 1 amide bonds. The number of thiophene rings is 1. The summed E-state index contributed by atoms with van der Waals surface area (Å²) in [5, 5.41) is 24.1. The number of carbonyl (C=O) groups excluding carboxylic acids is 1. The lowest BCUT2D eigenvalue weighted by Crippen LogP contribution is -2.26. The van der Waals surface area contributed by atoms with Crippen molar-refractivity contribution < 1.29 is 4.79 Å². The number of rotatable bonds is 6. The Hall–Kier alpha value is -4.13. The molecule has 0 saturated carbocycles. The molecule has 0 aliphatic heterocycles. The van der Waals surface area contributed by atoms with Crippen LogP contribution in [0.3, 0.4) is 0 Å². The third-order valence-electron chi connectivity index (χ3n) is 4.90. The van der Waals surface area contributed by atoms with Crippen LogP contribution in [0.4, 0.5) is 17.1 Å². The van der Waals surface area contributed by atoms with Gasteiger partial charge in [-0.05, 0) is 47.3 Å². The number of pyridine rings is 1. The Labute approximate surface area is 205 Å². The highest BCUT2D eigenvalue weighted by atomic mass is 35.5. The van der Waals surface area contributed by atoms with Crippen LogP contribution in [0.1, 0.15) is 15.2 Å². The number of fused-ring (bicyclic) bond motifs is 1. The van der Waals surface area contributed by atoms with E-state index in [2.05, 4.69) is 31.2 Å². The molecular weight excluding hydrogens is 470 g/mol. The fourth-order valence-electron chi connectivity index (χ4n) is 3.38. The van der Waals surface area contributed by atoms with E-state index < -0.39 is 0 Å². The van der Waals surface area contributed by atoms with E-state index >= 15 is 0 Å². The topological polar surface area (TPSA) is 114 Å². The molecule has 0 aliphatic carbocycles. The summed E-state index contributed by atoms with van der Waals surface area (Å²) in [4.78, 5) is 21.6. The van der Waals surface area contributed by atoms with Crippen molar-refractivity contribution in [2.75, 3.05) is 23.0 Å². The largest absolute Gasteiger partial charge is 0.380 e. The number of nitrogens with zero attached hydrogens (tertiary/aromatic N) is 3. The summed E-state index contributed by atoms with van der Waals surface area (Å²) in [5.41, 5.74) is 3.83. The summed E-state index contributed by atoms with van der Waals surface area (Å²) in [6.45, 7) is 0.552. The van der Waals surface area contributed by atoms with Gasteiger partial charge in [0.2, 0.25) is 12.2 Å². The van der Waals surface area contributed by atoms with E-state index in [0.717, 1.165) is 22.2 Å². The maximum atomic E-state index is 13.0. The van der Waals surface area contributed by atoms with E-state index in [1.165, 1.54) is 11.3 Å². The lowest BCUT2D eigenvalue weighted by molar-refractivity contribution is 0.103. The number of carbonyl (C=O) groups is 1. The molecule has 0 saturated heterocycles. The van der Waals surface area contributed by atoms with E-state index in [0.29, 0.717) is 27.8 Å². The summed E-state index contributed by atoms with van der Waals surface area (Å²) in [6.07, 6.45) is 3.49. The van der Waals surface area contributed by atoms with Crippen LogP contribution in [0.25, 0.3) is 10.9 Å². The van der Waals surface area contributed by atoms with Crippen molar-refractivity contribution in [3.8, 4) is 6.19 Å². The SMILES string of the molecule is CN/C(=N\C#N)Nc1cc(Cl)cc(NC(=O)c2sccc2NCc2ccnc3ccccc23)c1. The first-order valence-electron chi connectivity index (χ1n) is 10.2. The van der Waals surface area contributed by atoms with Gasteiger partial charge in [0.05, 0.1) is 11.2 Å². The van der Waals surface area contributed by atoms with E-state index in [-0.39, 0.29) is 11.9 Å². The highest BCUT2D eigenvalue weighted by Crippen LogP contribution is 2.27. The van der Waals surface area contributed by atoms with Crippen LogP contribution in [0.15, 0.2) is 71.2 Å². The molecule has 8 nitrogen and oxygen atoms in total. The van der Waals surface area contributed by atoms with Crippen LogP contribution < -0.4 is 21.3 Å². The lowest BCUT2D eigenvalue weighted by Gasteiger charge is -2.12. The molecule has 0 spiro atoms. The summed E-state index contributed by atoms with van der Waals surface area (Å²) in [6, 6.07) is 16.8. The Morgan fingerprint density at radius 3 is 2.74 bits per heavy atom. The van der Waals surface area contributed by atoms with Crippen molar-refractivity contribution in [1.29, 1.82) is 5.26 Å². The van der Waals surface area contributed by atoms with Gasteiger partial charge in [-0.15, -0.1) is 16.3 Å². The van der Waals surface area contributed by atoms with Crippen LogP contribution in [-0.2, 0) is 6.54 Å². The Kier molecular flexibility index (Phi) is 7.22. The highest BCUT2D eigenvalue weighted by Gasteiger charge is 2.15. The Morgan fingerprint density at radius 1 is 1.15 bits per heavy atom. The molecule has 2 aromatic heterocycles. The van der Waals surface area contributed by atoms with Crippen molar-refractivity contribution in [3.05, 3.63) is 81.6 Å². The second-order valence-electron chi connectivity index (χ2n) is 7.12. The fraction of sp³-hybridized carbons (Fsp3) is 0.0833. The number of nitrogens with one attached hydrogen (secondary N) is 4. The summed E-state index contributed by atoms with van der Waals surface area (Å²) in [5.74, 6) is 0.000238. The third kappa shape index (κ3) is 5.43. The van der Waals surface area contributed by atoms with Crippen molar-refractivity contribution in [2.24, 2.45) is 4.99 Å². The van der Waals surface area contributed by atoms with Gasteiger partial charge in [0, 0.05) is 41.6 Å². The molecule has 0 bridgehead atoms. The number of para-hydroxylation sites is 1. The highest BCUT2D eigenvalue weighted by molar-refractivity contribution is 7.12. The smallest absolute Gasteiger partial charge is 0.267 e. The molecule has 0 unspecified atom stereocenters. The second-order valence-corrected chi connectivity index (χ2v) is 8.47. The van der Waals surface area contributed by atoms with Crippen molar-refractivity contribution in [1.82, 2.24) is 10.3 Å². The number of nitriles is 1. The van der Waals surface area contributed by atoms with Crippen molar-refractivity contribution in [2.45, 2.75) is 6.54 Å². The molecule has 34 heavy (non-hydrogen) atoms. The summed E-state index contributed by atoms with van der Waals surface area (Å²) < 4.78 is 0. The van der Waals surface area contributed by atoms with E-state index in [1.54, 1.807) is 37.6 Å². The number of amides is 1. The number of anilines is 3. The molecule has 2 heterocycles. The lowest BCUT2D eigenvalue weighted by atomic mass is 10.1. The minimum absolute atomic E-state index is 0.259. The number of halogens is 1. The first kappa shape index (κ1) is 23.0. The van der Waals surface area contributed by atoms with Crippen LogP contribution >= 0.6 is 22.9 Å². The number of hydrogen-bond acceptors (Lipinski definition) is 6. The van der Waals surface area contributed by atoms with Gasteiger partial charge >= 0.3 is 0 Å². The number of aliphatic imine (C=N–C) groups is 1. The number of benzene rings is 2. The van der Waals surface area contributed by atoms with Gasteiger partial charge in [-0.1, -0.05) is 29.8 Å². The van der Waals surface area contributed by atoms with Gasteiger partial charge < -0.3 is 21.3 Å². The monoisotopic (exact) mass is 489 g/mol. The zero-order chi connectivity index (χ0) is 23.9. The Bertz CT molecular complexity index is 1400. The number of hydrogen-bond donors (Lipinski definition) is 4. The zero-order valence-electron chi connectivity index (χ0n) is 18.1. The van der Waals surface area contributed by atoms with Crippen LogP contribution in [0.2, 0.25) is 5.02 Å². The minimum Gasteiger partial charge on any atom is -0.380 e. The maximum absolute atomic E-state index is 13.0. The second kappa shape index (κ2) is 10.7. The predicted octanol–water partition coefficient (Wildman–Crippen LogP) is 5.28. The van der Waals surface area contributed by atoms with Crippen molar-refractivity contribution in [3.63, 3.8) is 0 Å². The van der Waals surface area contributed by atoms with Gasteiger partial charge in [0.1, 0.15) is 4.88 Å². The average Bonchev–Trinajstić information content (AvgIpc) is 3.31. The van der Waals surface area contributed by atoms with E-state index in [1.807, 2.05) is 41.8 Å². The third-order valence-corrected chi connectivity index (χ3v) is 6.03. The van der Waals surface area contributed by atoms with E-state index in [9.17, 15) is 4.79 Å². The molecule has 0 atom stereocenters. The molecule has 4 N–H and O–H groups in total. The quantitative estimate of drug-likeness (QED) is 0.166. The van der Waals surface area contributed by atoms with Crippen LogP contribution in [-0.4, -0.2) is 23.9 Å². The van der Waals surface area contributed by atoms with Crippen LogP contribution in [0, 0.1) is 11.5 Å². The molecule has 0 radical (unpaired) electrons. The Balaban J connectivity index is 1.49. The molecule has 4 rings (SSSR count). The van der Waals surface area contributed by atoms with Crippen molar-refractivity contribution >= 4 is 62.8 Å². The van der Waals surface area contributed by atoms with Gasteiger partial charge in [-0.25, -0.2) is 0 Å². The molecule has 4 aromatic rings. The van der Waals surface area contributed by atoms with Gasteiger partial charge in [0.15, 0.2) is 0 Å². The first-order chi connectivity index (χ1) is 16.6. The predicted molar refractivity (Wildman–Crippen MR) is 139 cm³/mol. The molecule has 0 fully saturated rings. The molecule has 170 valence electrons. The van der Waals surface area contributed by atoms with Gasteiger partial charge in [-0.3, -0.25) is 9.78 Å². The molecular formula is C24H20ClN7OS. The number of aromatic nitrogens is 1. The molecule has 2 aromatic carbocycles. The average molecular weight is 490 g/mol. The standard InChI is InChI=1S/C24H20ClN7OS/c1-27-24(30-14-26)32-18-11-16(25)10-17(12-18)31-23(33)22-21(7-9-34-22)29-13-15-6-8-28-20-5-3-2-4-19(15)20/h2-12,29H,13H2,1H3,(H,31,33)(H2,27,30,32). The normalized spacial score (nSPS) is 11.0. The van der Waals surface area contributed by atoms with Crippen LogP contribution in [0.5, 0.6) is 0 Å². The summed E-state index contributed by atoms with van der Waals surface area (Å²) >= 11 is 7.57. The fourth-order valence-corrected chi connectivity index (χ4v) is 4.38. The zero-order valence-corrected chi connectivity index (χ0v) is 19.7. The van der Waals surface area contributed by atoms with E-state index in [4.69, 9.17) is 16.9 Å². The maximum Gasteiger partial charge on any atom is 0.267 e. The Morgan fingerprint density at radius 2 is 1.94 bits per heavy atom. The number of guanidine groups is 1. The minimum atomic E-state index is -0.259. The van der Waals surface area contributed by atoms with Gasteiger partial charge in [0.25, 0.3) is 5.91 Å². The first-order valence-corrected chi connectivity index (χ1v) is 11.5. The van der Waals surface area contributed by atoms with Gasteiger partial charge in [-0.2, -0.15) is 5.26 Å². The molecule has 0 aliphatic rings. The molecule has 10 heteroatoms.